The van der Waals surface area contributed by atoms with Crippen LogP contribution in [0.15, 0.2) is 22.7 Å². The smallest absolute Gasteiger partial charge is 0.222 e. The fourth-order valence-corrected chi connectivity index (χ4v) is 1.80. The minimum atomic E-state index is 0.255. The number of nitrogen functional groups attached to an aromatic ring is 1. The van der Waals surface area contributed by atoms with Gasteiger partial charge in [-0.1, -0.05) is 15.9 Å². The summed E-state index contributed by atoms with van der Waals surface area (Å²) < 4.78 is 0.961. The maximum absolute atomic E-state index is 5.64. The van der Waals surface area contributed by atoms with Crippen molar-refractivity contribution in [2.45, 2.75) is 0 Å². The van der Waals surface area contributed by atoms with Gasteiger partial charge in [-0.25, -0.2) is 4.98 Å². The molecule has 0 bridgehead atoms. The Hall–Kier alpha value is -1.40. The molecule has 2 rings (SSSR count). The zero-order valence-corrected chi connectivity index (χ0v) is 10.2. The van der Waals surface area contributed by atoms with Crippen molar-refractivity contribution in [3.63, 3.8) is 0 Å². The van der Waals surface area contributed by atoms with Crippen molar-refractivity contribution in [3.05, 3.63) is 22.7 Å². The molecule has 1 aromatic heterocycles. The largest absolute Gasteiger partial charge is 0.368 e. The molecule has 0 aliphatic carbocycles. The molecule has 0 unspecified atom stereocenters. The summed E-state index contributed by atoms with van der Waals surface area (Å²) in [7, 11) is 0. The van der Waals surface area contributed by atoms with Crippen molar-refractivity contribution in [1.82, 2.24) is 9.97 Å². The minimum Gasteiger partial charge on any atom is -0.368 e. The van der Waals surface area contributed by atoms with E-state index in [9.17, 15) is 0 Å². The van der Waals surface area contributed by atoms with Crippen LogP contribution in [0.25, 0.3) is 10.9 Å². The average molecular weight is 282 g/mol. The van der Waals surface area contributed by atoms with Crippen LogP contribution in [0.1, 0.15) is 0 Å². The lowest BCUT2D eigenvalue weighted by atomic mass is 10.2. The minimum absolute atomic E-state index is 0.255. The lowest BCUT2D eigenvalue weighted by Gasteiger charge is -2.08. The SMILES string of the molecule is NCCNc1nc(N)nc2cc(Br)ccc12. The summed E-state index contributed by atoms with van der Waals surface area (Å²) in [5.41, 5.74) is 11.9. The molecule has 0 saturated heterocycles. The molecule has 5 nitrogen and oxygen atoms in total. The summed E-state index contributed by atoms with van der Waals surface area (Å²) >= 11 is 3.39. The summed E-state index contributed by atoms with van der Waals surface area (Å²) in [6.07, 6.45) is 0. The maximum atomic E-state index is 5.64. The second kappa shape index (κ2) is 4.63. The van der Waals surface area contributed by atoms with Crippen LogP contribution in [0.5, 0.6) is 0 Å². The molecule has 0 saturated carbocycles. The van der Waals surface area contributed by atoms with Gasteiger partial charge in [-0.05, 0) is 18.2 Å². The zero-order valence-electron chi connectivity index (χ0n) is 8.57. The molecule has 0 radical (unpaired) electrons. The Kier molecular flexibility index (Phi) is 3.21. The number of anilines is 2. The second-order valence-electron chi connectivity index (χ2n) is 3.31. The molecule has 0 aliphatic heterocycles. The third-order valence-corrected chi connectivity index (χ3v) is 2.61. The highest BCUT2D eigenvalue weighted by Crippen LogP contribution is 2.24. The second-order valence-corrected chi connectivity index (χ2v) is 4.22. The van der Waals surface area contributed by atoms with Crippen LogP contribution in [0.4, 0.5) is 11.8 Å². The molecule has 0 aliphatic rings. The van der Waals surface area contributed by atoms with E-state index in [4.69, 9.17) is 11.5 Å². The number of halogens is 1. The summed E-state index contributed by atoms with van der Waals surface area (Å²) in [6.45, 7) is 1.20. The highest BCUT2D eigenvalue weighted by atomic mass is 79.9. The van der Waals surface area contributed by atoms with Crippen LogP contribution in [0, 0.1) is 0 Å². The van der Waals surface area contributed by atoms with Crippen molar-refractivity contribution in [1.29, 1.82) is 0 Å². The lowest BCUT2D eigenvalue weighted by molar-refractivity contribution is 1.01. The molecule has 1 aromatic carbocycles. The van der Waals surface area contributed by atoms with E-state index in [0.29, 0.717) is 13.1 Å². The van der Waals surface area contributed by atoms with E-state index in [0.717, 1.165) is 21.2 Å². The predicted molar refractivity (Wildman–Crippen MR) is 69.2 cm³/mol. The van der Waals surface area contributed by atoms with Crippen LogP contribution in [-0.4, -0.2) is 23.1 Å². The third kappa shape index (κ3) is 2.23. The summed E-state index contributed by atoms with van der Waals surface area (Å²) in [4.78, 5) is 8.32. The first kappa shape index (κ1) is 11.1. The topological polar surface area (TPSA) is 89.8 Å². The van der Waals surface area contributed by atoms with Gasteiger partial charge < -0.3 is 16.8 Å². The van der Waals surface area contributed by atoms with Crippen LogP contribution in [0.3, 0.4) is 0 Å². The van der Waals surface area contributed by atoms with E-state index in [2.05, 4.69) is 31.2 Å². The first-order valence-electron chi connectivity index (χ1n) is 4.87. The number of hydrogen-bond acceptors (Lipinski definition) is 5. The molecule has 0 atom stereocenters. The molecular weight excluding hydrogens is 270 g/mol. The third-order valence-electron chi connectivity index (χ3n) is 2.11. The van der Waals surface area contributed by atoms with Crippen LogP contribution in [0.2, 0.25) is 0 Å². The molecule has 5 N–H and O–H groups in total. The van der Waals surface area contributed by atoms with Gasteiger partial charge >= 0.3 is 0 Å². The zero-order chi connectivity index (χ0) is 11.5. The van der Waals surface area contributed by atoms with E-state index in [1.807, 2.05) is 18.2 Å². The summed E-state index contributed by atoms with van der Waals surface area (Å²) in [5, 5.41) is 4.06. The van der Waals surface area contributed by atoms with Crippen molar-refractivity contribution in [2.24, 2.45) is 5.73 Å². The average Bonchev–Trinajstić information content (AvgIpc) is 2.25. The highest BCUT2D eigenvalue weighted by Gasteiger charge is 2.05. The molecule has 0 fully saturated rings. The standard InChI is InChI=1S/C10H12BrN5/c11-6-1-2-7-8(5-6)15-10(13)16-9(7)14-4-3-12/h1-2,5H,3-4,12H2,(H3,13,14,15,16). The van der Waals surface area contributed by atoms with Gasteiger partial charge in [0.15, 0.2) is 0 Å². The van der Waals surface area contributed by atoms with Gasteiger partial charge in [0.2, 0.25) is 5.95 Å². The predicted octanol–water partition coefficient (Wildman–Crippen LogP) is 1.35. The van der Waals surface area contributed by atoms with Gasteiger partial charge in [-0.3, -0.25) is 0 Å². The molecule has 16 heavy (non-hydrogen) atoms. The first-order valence-corrected chi connectivity index (χ1v) is 5.66. The van der Waals surface area contributed by atoms with Crippen LogP contribution >= 0.6 is 15.9 Å². The highest BCUT2D eigenvalue weighted by molar-refractivity contribution is 9.10. The van der Waals surface area contributed by atoms with E-state index >= 15 is 0 Å². The molecule has 1 heterocycles. The first-order chi connectivity index (χ1) is 7.70. The van der Waals surface area contributed by atoms with E-state index in [1.165, 1.54) is 0 Å². The molecule has 6 heteroatoms. The number of hydrogen-bond donors (Lipinski definition) is 3. The maximum Gasteiger partial charge on any atom is 0.222 e. The fraction of sp³-hybridized carbons (Fsp3) is 0.200. The molecule has 0 amide bonds. The number of nitrogens with zero attached hydrogens (tertiary/aromatic N) is 2. The Morgan fingerprint density at radius 2 is 2.12 bits per heavy atom. The fourth-order valence-electron chi connectivity index (χ4n) is 1.45. The normalized spacial score (nSPS) is 10.6. The van der Waals surface area contributed by atoms with Gasteiger partial charge in [0.05, 0.1) is 5.52 Å². The van der Waals surface area contributed by atoms with Crippen molar-refractivity contribution in [3.8, 4) is 0 Å². The molecular formula is C10H12BrN5. The van der Waals surface area contributed by atoms with Gasteiger partial charge in [-0.15, -0.1) is 0 Å². The Labute approximate surface area is 101 Å². The van der Waals surface area contributed by atoms with Crippen molar-refractivity contribution in [2.75, 3.05) is 24.1 Å². The van der Waals surface area contributed by atoms with Crippen LogP contribution in [-0.2, 0) is 0 Å². The summed E-state index contributed by atoms with van der Waals surface area (Å²) in [5.74, 6) is 0.977. The molecule has 2 aromatic rings. The van der Waals surface area contributed by atoms with E-state index < -0.39 is 0 Å². The number of aromatic nitrogens is 2. The lowest BCUT2D eigenvalue weighted by Crippen LogP contribution is -2.14. The van der Waals surface area contributed by atoms with Gasteiger partial charge in [0.1, 0.15) is 5.82 Å². The quantitative estimate of drug-likeness (QED) is 0.790. The van der Waals surface area contributed by atoms with E-state index in [1.54, 1.807) is 0 Å². The van der Waals surface area contributed by atoms with Gasteiger partial charge in [0, 0.05) is 22.9 Å². The Balaban J connectivity index is 2.54. The number of fused-ring (bicyclic) bond motifs is 1. The van der Waals surface area contributed by atoms with Crippen molar-refractivity contribution >= 4 is 38.6 Å². The number of benzene rings is 1. The molecule has 84 valence electrons. The monoisotopic (exact) mass is 281 g/mol. The van der Waals surface area contributed by atoms with Gasteiger partial charge in [-0.2, -0.15) is 4.98 Å². The van der Waals surface area contributed by atoms with Crippen LogP contribution < -0.4 is 16.8 Å². The number of rotatable bonds is 3. The van der Waals surface area contributed by atoms with Crippen molar-refractivity contribution < 1.29 is 0 Å². The molecule has 0 spiro atoms. The van der Waals surface area contributed by atoms with Gasteiger partial charge in [0.25, 0.3) is 0 Å². The Morgan fingerprint density at radius 1 is 1.31 bits per heavy atom. The summed E-state index contributed by atoms with van der Waals surface area (Å²) in [6, 6.07) is 5.79. The number of nitrogens with two attached hydrogens (primary N) is 2. The number of nitrogens with one attached hydrogen (secondary N) is 1. The van der Waals surface area contributed by atoms with E-state index in [-0.39, 0.29) is 5.95 Å². The Morgan fingerprint density at radius 3 is 2.88 bits per heavy atom. The Bertz CT molecular complexity index is 509.